The molecule has 1 amide bonds. The van der Waals surface area contributed by atoms with Crippen LogP contribution >= 0.6 is 0 Å². The number of amides is 1. The fourth-order valence-electron chi connectivity index (χ4n) is 3.16. The molecule has 24 heavy (non-hydrogen) atoms. The van der Waals surface area contributed by atoms with Gasteiger partial charge in [0, 0.05) is 19.0 Å². The third-order valence-electron chi connectivity index (χ3n) is 4.27. The van der Waals surface area contributed by atoms with Crippen LogP contribution in [0.2, 0.25) is 0 Å². The van der Waals surface area contributed by atoms with Gasteiger partial charge in [-0.1, -0.05) is 0 Å². The third-order valence-corrected chi connectivity index (χ3v) is 4.27. The molecule has 2 aliphatic rings. The quantitative estimate of drug-likeness (QED) is 0.790. The van der Waals surface area contributed by atoms with E-state index in [1.165, 1.54) is 0 Å². The summed E-state index contributed by atoms with van der Waals surface area (Å²) in [6, 6.07) is 5.20. The van der Waals surface area contributed by atoms with Crippen LogP contribution in [0.4, 0.5) is 4.79 Å². The molecule has 1 fully saturated rings. The van der Waals surface area contributed by atoms with Crippen molar-refractivity contribution in [3.8, 4) is 11.5 Å². The number of ketones is 1. The lowest BCUT2D eigenvalue weighted by molar-refractivity contribution is 0.0171. The molecule has 0 bridgehead atoms. The number of fused-ring (bicyclic) bond motifs is 1. The van der Waals surface area contributed by atoms with Gasteiger partial charge in [0.1, 0.15) is 22.7 Å². The fraction of sp³-hybridized carbons (Fsp3) is 0.556. The van der Waals surface area contributed by atoms with Gasteiger partial charge in [-0.2, -0.15) is 0 Å². The van der Waals surface area contributed by atoms with Gasteiger partial charge in [0.05, 0.1) is 25.6 Å². The highest BCUT2D eigenvalue weighted by Gasteiger charge is 2.47. The predicted octanol–water partition coefficient (Wildman–Crippen LogP) is 3.04. The summed E-state index contributed by atoms with van der Waals surface area (Å²) in [6.07, 6.45) is 0.507. The van der Waals surface area contributed by atoms with Gasteiger partial charge in [-0.05, 0) is 32.9 Å². The van der Waals surface area contributed by atoms with Crippen molar-refractivity contribution in [1.82, 2.24) is 4.90 Å². The third kappa shape index (κ3) is 3.18. The second-order valence-electron chi connectivity index (χ2n) is 7.40. The topological polar surface area (TPSA) is 65.1 Å². The van der Waals surface area contributed by atoms with E-state index in [2.05, 4.69) is 0 Å². The van der Waals surface area contributed by atoms with E-state index in [4.69, 9.17) is 14.2 Å². The number of hydrogen-bond acceptors (Lipinski definition) is 5. The van der Waals surface area contributed by atoms with E-state index in [-0.39, 0.29) is 18.3 Å². The van der Waals surface area contributed by atoms with Gasteiger partial charge in [-0.25, -0.2) is 4.79 Å². The van der Waals surface area contributed by atoms with Crippen molar-refractivity contribution in [3.05, 3.63) is 23.8 Å². The zero-order valence-corrected chi connectivity index (χ0v) is 14.5. The summed E-state index contributed by atoms with van der Waals surface area (Å²) in [4.78, 5) is 26.4. The number of hydrogen-bond donors (Lipinski definition) is 0. The molecule has 2 heterocycles. The molecule has 0 aliphatic carbocycles. The van der Waals surface area contributed by atoms with Crippen molar-refractivity contribution < 1.29 is 23.8 Å². The summed E-state index contributed by atoms with van der Waals surface area (Å²) in [5.74, 6) is 1.20. The summed E-state index contributed by atoms with van der Waals surface area (Å²) < 4.78 is 16.8. The van der Waals surface area contributed by atoms with E-state index in [1.54, 1.807) is 30.2 Å². The number of Topliss-reactive ketones (excluding diaryl/α,β-unsaturated/α-hetero) is 1. The summed E-state index contributed by atoms with van der Waals surface area (Å²) in [6.45, 7) is 6.37. The van der Waals surface area contributed by atoms with Gasteiger partial charge in [-0.15, -0.1) is 0 Å². The molecule has 0 N–H and O–H groups in total. The Balaban J connectivity index is 1.78. The van der Waals surface area contributed by atoms with Gasteiger partial charge >= 0.3 is 6.09 Å². The van der Waals surface area contributed by atoms with E-state index in [0.717, 1.165) is 0 Å². The molecule has 6 heteroatoms. The smallest absolute Gasteiger partial charge is 0.410 e. The van der Waals surface area contributed by atoms with E-state index in [9.17, 15) is 9.59 Å². The summed E-state index contributed by atoms with van der Waals surface area (Å²) in [7, 11) is 1.57. The molecule has 1 spiro atoms. The van der Waals surface area contributed by atoms with E-state index in [0.29, 0.717) is 36.6 Å². The Morgan fingerprint density at radius 1 is 1.33 bits per heavy atom. The molecule has 0 radical (unpaired) electrons. The zero-order chi connectivity index (χ0) is 17.5. The first-order chi connectivity index (χ1) is 11.2. The first-order valence-corrected chi connectivity index (χ1v) is 8.10. The molecule has 0 aromatic heterocycles. The Kier molecular flexibility index (Phi) is 3.94. The summed E-state index contributed by atoms with van der Waals surface area (Å²) in [5.41, 5.74) is -0.652. The van der Waals surface area contributed by atoms with Crippen molar-refractivity contribution in [2.75, 3.05) is 20.2 Å². The Labute approximate surface area is 141 Å². The number of rotatable bonds is 1. The lowest BCUT2D eigenvalue weighted by Gasteiger charge is -2.35. The maximum atomic E-state index is 12.5. The molecular weight excluding hydrogens is 310 g/mol. The molecule has 6 nitrogen and oxygen atoms in total. The van der Waals surface area contributed by atoms with Gasteiger partial charge in [-0.3, -0.25) is 4.79 Å². The molecular formula is C18H23NO5. The summed E-state index contributed by atoms with van der Waals surface area (Å²) >= 11 is 0. The maximum absolute atomic E-state index is 12.5. The average molecular weight is 333 g/mol. The minimum Gasteiger partial charge on any atom is -0.497 e. The number of likely N-dealkylation sites (tertiary alicyclic amines) is 1. The highest BCUT2D eigenvalue weighted by molar-refractivity contribution is 6.00. The molecule has 2 aliphatic heterocycles. The van der Waals surface area contributed by atoms with Crippen LogP contribution in [-0.4, -0.2) is 48.2 Å². The number of nitrogens with zero attached hydrogens (tertiary/aromatic N) is 1. The molecule has 1 aromatic carbocycles. The van der Waals surface area contributed by atoms with Crippen LogP contribution < -0.4 is 9.47 Å². The van der Waals surface area contributed by atoms with Crippen LogP contribution in [0.1, 0.15) is 44.0 Å². The van der Waals surface area contributed by atoms with Gasteiger partial charge in [0.2, 0.25) is 0 Å². The first kappa shape index (κ1) is 16.6. The molecule has 0 saturated carbocycles. The number of carbonyl (C=O) groups is 2. The lowest BCUT2D eigenvalue weighted by Crippen LogP contribution is -2.46. The molecule has 1 atom stereocenters. The van der Waals surface area contributed by atoms with Crippen molar-refractivity contribution >= 4 is 11.9 Å². The van der Waals surface area contributed by atoms with Crippen LogP contribution in [0.5, 0.6) is 11.5 Å². The van der Waals surface area contributed by atoms with Gasteiger partial charge in [0.25, 0.3) is 0 Å². The number of benzene rings is 1. The van der Waals surface area contributed by atoms with Crippen molar-refractivity contribution in [2.24, 2.45) is 0 Å². The normalized spacial score (nSPS) is 23.0. The van der Waals surface area contributed by atoms with E-state index in [1.807, 2.05) is 20.8 Å². The van der Waals surface area contributed by atoms with E-state index >= 15 is 0 Å². The van der Waals surface area contributed by atoms with Crippen molar-refractivity contribution in [1.29, 1.82) is 0 Å². The number of ether oxygens (including phenoxy) is 3. The second-order valence-corrected chi connectivity index (χ2v) is 7.40. The molecule has 1 saturated heterocycles. The molecule has 1 aromatic rings. The summed E-state index contributed by atoms with van der Waals surface area (Å²) in [5, 5.41) is 0. The maximum Gasteiger partial charge on any atom is 0.410 e. The van der Waals surface area contributed by atoms with E-state index < -0.39 is 11.2 Å². The van der Waals surface area contributed by atoms with Crippen molar-refractivity contribution in [2.45, 2.75) is 44.8 Å². The Bertz CT molecular complexity index is 678. The van der Waals surface area contributed by atoms with Crippen LogP contribution in [0, 0.1) is 0 Å². The van der Waals surface area contributed by atoms with Crippen LogP contribution in [0.25, 0.3) is 0 Å². The number of carbonyl (C=O) groups excluding carboxylic acids is 2. The van der Waals surface area contributed by atoms with Crippen molar-refractivity contribution in [3.63, 3.8) is 0 Å². The largest absolute Gasteiger partial charge is 0.497 e. The highest BCUT2D eigenvalue weighted by Crippen LogP contribution is 2.40. The highest BCUT2D eigenvalue weighted by atomic mass is 16.6. The molecule has 3 rings (SSSR count). The zero-order valence-electron chi connectivity index (χ0n) is 14.5. The van der Waals surface area contributed by atoms with Gasteiger partial charge in [0.15, 0.2) is 5.78 Å². The second kappa shape index (κ2) is 5.69. The molecule has 0 unspecified atom stereocenters. The monoisotopic (exact) mass is 333 g/mol. The van der Waals surface area contributed by atoms with Crippen LogP contribution in [-0.2, 0) is 4.74 Å². The first-order valence-electron chi connectivity index (χ1n) is 8.10. The minimum atomic E-state index is -0.673. The van der Waals surface area contributed by atoms with Crippen LogP contribution in [0.3, 0.4) is 0 Å². The van der Waals surface area contributed by atoms with Gasteiger partial charge < -0.3 is 19.1 Å². The minimum absolute atomic E-state index is 0.0324. The van der Waals surface area contributed by atoms with Crippen LogP contribution in [0.15, 0.2) is 18.2 Å². The SMILES string of the molecule is COc1ccc2c(c1)O[C@@]1(CCN(C(=O)OC(C)(C)C)C1)CC2=O. The standard InChI is InChI=1S/C18H23NO5/c1-17(2,3)24-16(21)19-8-7-18(11-19)10-14(20)13-6-5-12(22-4)9-15(13)23-18/h5-6,9H,7-8,10-11H2,1-4H3/t18-/m0/s1. The average Bonchev–Trinajstić information content (AvgIpc) is 2.88. The fourth-order valence-corrected chi connectivity index (χ4v) is 3.16. The number of methoxy groups -OCH3 is 1. The Morgan fingerprint density at radius 2 is 2.08 bits per heavy atom. The Morgan fingerprint density at radius 3 is 2.75 bits per heavy atom. The lowest BCUT2D eigenvalue weighted by atomic mass is 9.89. The Hall–Kier alpha value is -2.24. The molecule has 130 valence electrons. The predicted molar refractivity (Wildman–Crippen MR) is 87.7 cm³/mol.